The number of likely N-dealkylation sites (tertiary alicyclic amines) is 1. The Bertz CT molecular complexity index is 932. The number of aryl methyl sites for hydroxylation is 2. The third-order valence-corrected chi connectivity index (χ3v) is 5.92. The molecule has 0 radical (unpaired) electrons. The molecule has 0 bridgehead atoms. The first-order chi connectivity index (χ1) is 14.4. The summed E-state index contributed by atoms with van der Waals surface area (Å²) in [6.07, 6.45) is 11.4. The number of H-pyrrole nitrogens is 1. The number of nitrogens with two attached hydrogens (primary N) is 1. The fourth-order valence-electron chi connectivity index (χ4n) is 4.48. The molecule has 6 heteroatoms. The SMILES string of the molecule is NO.c1cc(-c2[nH]c(CN3CCCCC3)nc2-c2ccc3c(c2)CCC3)ccn1. The van der Waals surface area contributed by atoms with Crippen LogP contribution in [0.2, 0.25) is 0 Å². The zero-order valence-electron chi connectivity index (χ0n) is 16.8. The van der Waals surface area contributed by atoms with E-state index in [0.717, 1.165) is 29.3 Å². The Labute approximate surface area is 171 Å². The molecule has 0 amide bonds. The van der Waals surface area contributed by atoms with Crippen molar-refractivity contribution in [1.82, 2.24) is 19.9 Å². The Morgan fingerprint density at radius 1 is 0.897 bits per heavy atom. The maximum Gasteiger partial charge on any atom is 0.121 e. The highest BCUT2D eigenvalue weighted by Crippen LogP contribution is 2.33. The summed E-state index contributed by atoms with van der Waals surface area (Å²) in [7, 11) is 0. The second kappa shape index (κ2) is 9.31. The molecule has 2 aliphatic rings. The average molecular weight is 392 g/mol. The van der Waals surface area contributed by atoms with Crippen molar-refractivity contribution in [2.45, 2.75) is 45.1 Å². The highest BCUT2D eigenvalue weighted by Gasteiger charge is 2.19. The second-order valence-electron chi connectivity index (χ2n) is 7.82. The highest BCUT2D eigenvalue weighted by atomic mass is 16.4. The van der Waals surface area contributed by atoms with Gasteiger partial charge in [0.2, 0.25) is 0 Å². The molecule has 1 aliphatic heterocycles. The molecule has 0 spiro atoms. The van der Waals surface area contributed by atoms with E-state index in [0.29, 0.717) is 0 Å². The number of nitrogens with zero attached hydrogens (tertiary/aromatic N) is 3. The van der Waals surface area contributed by atoms with E-state index >= 15 is 0 Å². The quantitative estimate of drug-likeness (QED) is 0.586. The molecule has 1 saturated heterocycles. The molecular weight excluding hydrogens is 362 g/mol. The lowest BCUT2D eigenvalue weighted by Gasteiger charge is -2.25. The van der Waals surface area contributed by atoms with E-state index in [1.807, 2.05) is 12.4 Å². The summed E-state index contributed by atoms with van der Waals surface area (Å²) < 4.78 is 0. The lowest BCUT2D eigenvalue weighted by Crippen LogP contribution is -2.29. The van der Waals surface area contributed by atoms with Crippen LogP contribution in [0.25, 0.3) is 22.5 Å². The molecule has 4 N–H and O–H groups in total. The zero-order valence-corrected chi connectivity index (χ0v) is 16.8. The lowest BCUT2D eigenvalue weighted by atomic mass is 10.0. The van der Waals surface area contributed by atoms with Crippen molar-refractivity contribution < 1.29 is 5.21 Å². The highest BCUT2D eigenvalue weighted by molar-refractivity contribution is 5.78. The number of pyridine rings is 1. The molecule has 6 nitrogen and oxygen atoms in total. The predicted molar refractivity (Wildman–Crippen MR) is 114 cm³/mol. The van der Waals surface area contributed by atoms with Crippen LogP contribution in [0.15, 0.2) is 42.7 Å². The molecule has 1 aromatic carbocycles. The van der Waals surface area contributed by atoms with Crippen molar-refractivity contribution in [1.29, 1.82) is 0 Å². The minimum absolute atomic E-state index is 0.906. The van der Waals surface area contributed by atoms with Crippen LogP contribution in [-0.4, -0.2) is 38.1 Å². The van der Waals surface area contributed by atoms with Crippen LogP contribution < -0.4 is 5.90 Å². The topological polar surface area (TPSA) is 91.1 Å². The number of piperidine rings is 1. The normalized spacial score (nSPS) is 16.2. The number of nitrogens with one attached hydrogen (secondary N) is 1. The summed E-state index contributed by atoms with van der Waals surface area (Å²) in [5.74, 6) is 4.57. The van der Waals surface area contributed by atoms with Crippen molar-refractivity contribution in [3.8, 4) is 22.5 Å². The van der Waals surface area contributed by atoms with Gasteiger partial charge in [-0.15, -0.1) is 0 Å². The number of aromatic amines is 1. The summed E-state index contributed by atoms with van der Waals surface area (Å²) in [6.45, 7) is 3.27. The largest absolute Gasteiger partial charge is 0.340 e. The van der Waals surface area contributed by atoms with Crippen LogP contribution in [0.3, 0.4) is 0 Å². The minimum atomic E-state index is 0.906. The summed E-state index contributed by atoms with van der Waals surface area (Å²) in [4.78, 5) is 15.4. The van der Waals surface area contributed by atoms with Crippen LogP contribution in [0, 0.1) is 0 Å². The summed E-state index contributed by atoms with van der Waals surface area (Å²) in [6, 6.07) is 11.0. The first-order valence-electron chi connectivity index (χ1n) is 10.5. The van der Waals surface area contributed by atoms with E-state index in [1.165, 1.54) is 68.3 Å². The zero-order chi connectivity index (χ0) is 20.1. The minimum Gasteiger partial charge on any atom is -0.340 e. The van der Waals surface area contributed by atoms with Gasteiger partial charge < -0.3 is 10.2 Å². The van der Waals surface area contributed by atoms with Gasteiger partial charge in [-0.25, -0.2) is 10.9 Å². The molecule has 29 heavy (non-hydrogen) atoms. The third kappa shape index (κ3) is 4.40. The fraction of sp³-hybridized carbons (Fsp3) is 0.391. The van der Waals surface area contributed by atoms with E-state index in [1.54, 1.807) is 0 Å². The molecule has 1 fully saturated rings. The summed E-state index contributed by atoms with van der Waals surface area (Å²) >= 11 is 0. The van der Waals surface area contributed by atoms with Gasteiger partial charge in [0.15, 0.2) is 0 Å². The number of fused-ring (bicyclic) bond motifs is 1. The monoisotopic (exact) mass is 391 g/mol. The van der Waals surface area contributed by atoms with Gasteiger partial charge in [0, 0.05) is 23.5 Å². The van der Waals surface area contributed by atoms with Crippen LogP contribution >= 0.6 is 0 Å². The maximum atomic E-state index is 6.50. The molecule has 0 atom stereocenters. The van der Waals surface area contributed by atoms with Crippen molar-refractivity contribution >= 4 is 0 Å². The molecule has 152 valence electrons. The van der Waals surface area contributed by atoms with Gasteiger partial charge >= 0.3 is 0 Å². The smallest absolute Gasteiger partial charge is 0.121 e. The lowest BCUT2D eigenvalue weighted by molar-refractivity contribution is 0.216. The van der Waals surface area contributed by atoms with Gasteiger partial charge in [-0.05, 0) is 74.5 Å². The Kier molecular flexibility index (Phi) is 6.34. The molecule has 0 unspecified atom stereocenters. The number of rotatable bonds is 4. The Morgan fingerprint density at radius 2 is 1.66 bits per heavy atom. The van der Waals surface area contributed by atoms with E-state index in [4.69, 9.17) is 10.2 Å². The van der Waals surface area contributed by atoms with Crippen LogP contribution in [-0.2, 0) is 19.4 Å². The molecule has 0 saturated carbocycles. The second-order valence-corrected chi connectivity index (χ2v) is 7.82. The maximum absolute atomic E-state index is 6.50. The Morgan fingerprint density at radius 3 is 2.45 bits per heavy atom. The predicted octanol–water partition coefficient (Wildman–Crippen LogP) is 3.95. The molecule has 3 heterocycles. The first-order valence-corrected chi connectivity index (χ1v) is 10.5. The molecule has 2 aromatic heterocycles. The van der Waals surface area contributed by atoms with Crippen LogP contribution in [0.5, 0.6) is 0 Å². The number of hydrogen-bond acceptors (Lipinski definition) is 5. The number of benzene rings is 1. The molecule has 1 aliphatic carbocycles. The van der Waals surface area contributed by atoms with Gasteiger partial charge in [0.25, 0.3) is 0 Å². The van der Waals surface area contributed by atoms with E-state index in [-0.39, 0.29) is 0 Å². The van der Waals surface area contributed by atoms with E-state index < -0.39 is 0 Å². The van der Waals surface area contributed by atoms with Crippen molar-refractivity contribution in [2.24, 2.45) is 5.90 Å². The van der Waals surface area contributed by atoms with Gasteiger partial charge in [0.1, 0.15) is 5.82 Å². The summed E-state index contributed by atoms with van der Waals surface area (Å²) in [5.41, 5.74) is 7.56. The molecule has 3 aromatic rings. The third-order valence-electron chi connectivity index (χ3n) is 5.92. The van der Waals surface area contributed by atoms with Gasteiger partial charge in [-0.3, -0.25) is 9.88 Å². The number of hydrogen-bond donors (Lipinski definition) is 3. The number of aromatic nitrogens is 3. The van der Waals surface area contributed by atoms with Crippen molar-refractivity contribution in [3.05, 3.63) is 59.7 Å². The van der Waals surface area contributed by atoms with Crippen molar-refractivity contribution in [3.63, 3.8) is 0 Å². The van der Waals surface area contributed by atoms with E-state index in [9.17, 15) is 0 Å². The van der Waals surface area contributed by atoms with Crippen LogP contribution in [0.4, 0.5) is 0 Å². The van der Waals surface area contributed by atoms with Gasteiger partial charge in [0.05, 0.1) is 17.9 Å². The summed E-state index contributed by atoms with van der Waals surface area (Å²) in [5, 5.41) is 6.50. The molecule has 5 rings (SSSR count). The Hall–Kier alpha value is -2.54. The first kappa shape index (κ1) is 19.8. The van der Waals surface area contributed by atoms with Crippen LogP contribution in [0.1, 0.15) is 42.6 Å². The standard InChI is InChI=1S/C23H26N4.H3NO/c1-2-13-27(14-3-1)16-21-25-22(18-9-11-24-12-10-18)23(26-21)20-8-7-17-5-4-6-19(17)15-20;1-2/h7-12,15H,1-6,13-14,16H2,(H,25,26);2H,1H2. The number of imidazole rings is 1. The van der Waals surface area contributed by atoms with Crippen molar-refractivity contribution in [2.75, 3.05) is 13.1 Å². The van der Waals surface area contributed by atoms with E-state index in [2.05, 4.69) is 51.1 Å². The Balaban J connectivity index is 0.000000994. The van der Waals surface area contributed by atoms with Gasteiger partial charge in [-0.1, -0.05) is 18.6 Å². The average Bonchev–Trinajstić information content (AvgIpc) is 3.43. The van der Waals surface area contributed by atoms with Gasteiger partial charge in [-0.2, -0.15) is 0 Å². The molecular formula is C23H29N5O. The fourth-order valence-corrected chi connectivity index (χ4v) is 4.48.